The maximum Gasteiger partial charge on any atom is 0.234 e. The van der Waals surface area contributed by atoms with Gasteiger partial charge in [0.2, 0.25) is 5.79 Å². The third kappa shape index (κ3) is 1.97. The second-order valence-electron chi connectivity index (χ2n) is 5.21. The Morgan fingerprint density at radius 1 is 1.15 bits per heavy atom. The van der Waals surface area contributed by atoms with E-state index in [2.05, 4.69) is 4.98 Å². The quantitative estimate of drug-likeness (QED) is 0.786. The average Bonchev–Trinajstić information content (AvgIpc) is 3.32. The lowest BCUT2D eigenvalue weighted by atomic mass is 10.1. The highest BCUT2D eigenvalue weighted by Gasteiger charge is 2.36. The molecule has 0 amide bonds. The molecule has 20 heavy (non-hydrogen) atoms. The van der Waals surface area contributed by atoms with Gasteiger partial charge >= 0.3 is 0 Å². The number of fused-ring (bicyclic) bond motifs is 1. The van der Waals surface area contributed by atoms with Gasteiger partial charge in [-0.25, -0.2) is 4.98 Å². The van der Waals surface area contributed by atoms with E-state index in [4.69, 9.17) is 14.2 Å². The molecule has 0 bridgehead atoms. The van der Waals surface area contributed by atoms with Gasteiger partial charge in [-0.15, -0.1) is 0 Å². The second-order valence-corrected chi connectivity index (χ2v) is 5.21. The SMILES string of the molecule is CC1(c2ccccc2)OCc2nc(C3CO3)ccc2O1. The number of ether oxygens (including phenoxy) is 3. The predicted octanol–water partition coefficient (Wildman–Crippen LogP) is 2.93. The Labute approximate surface area is 117 Å². The zero-order valence-corrected chi connectivity index (χ0v) is 11.2. The zero-order chi connectivity index (χ0) is 13.6. The molecular weight excluding hydrogens is 254 g/mol. The molecule has 0 spiro atoms. The van der Waals surface area contributed by atoms with Crippen LogP contribution < -0.4 is 4.74 Å². The topological polar surface area (TPSA) is 43.9 Å². The fourth-order valence-corrected chi connectivity index (χ4v) is 2.43. The van der Waals surface area contributed by atoms with E-state index in [1.54, 1.807) is 0 Å². The smallest absolute Gasteiger partial charge is 0.234 e. The minimum absolute atomic E-state index is 0.155. The summed E-state index contributed by atoms with van der Waals surface area (Å²) in [4.78, 5) is 4.56. The molecule has 1 saturated heterocycles. The minimum atomic E-state index is -0.756. The van der Waals surface area contributed by atoms with Crippen LogP contribution in [0.3, 0.4) is 0 Å². The van der Waals surface area contributed by atoms with Crippen LogP contribution in [0, 0.1) is 0 Å². The molecule has 4 heteroatoms. The molecule has 4 rings (SSSR count). The Morgan fingerprint density at radius 3 is 2.70 bits per heavy atom. The largest absolute Gasteiger partial charge is 0.456 e. The first-order chi connectivity index (χ1) is 9.74. The first kappa shape index (κ1) is 11.9. The van der Waals surface area contributed by atoms with E-state index < -0.39 is 5.79 Å². The van der Waals surface area contributed by atoms with Gasteiger partial charge < -0.3 is 14.2 Å². The normalized spacial score (nSPS) is 27.6. The first-order valence-corrected chi connectivity index (χ1v) is 6.74. The predicted molar refractivity (Wildman–Crippen MR) is 72.1 cm³/mol. The molecule has 2 aromatic rings. The third-order valence-electron chi connectivity index (χ3n) is 3.70. The van der Waals surface area contributed by atoms with E-state index >= 15 is 0 Å². The molecule has 0 aliphatic carbocycles. The van der Waals surface area contributed by atoms with Crippen LogP contribution in [0.25, 0.3) is 0 Å². The van der Waals surface area contributed by atoms with E-state index in [0.717, 1.165) is 29.3 Å². The molecule has 102 valence electrons. The monoisotopic (exact) mass is 269 g/mol. The zero-order valence-electron chi connectivity index (χ0n) is 11.2. The van der Waals surface area contributed by atoms with Gasteiger partial charge in [0, 0.05) is 12.5 Å². The van der Waals surface area contributed by atoms with Crippen LogP contribution >= 0.6 is 0 Å². The van der Waals surface area contributed by atoms with Crippen molar-refractivity contribution in [2.24, 2.45) is 0 Å². The molecule has 3 heterocycles. The van der Waals surface area contributed by atoms with Gasteiger partial charge in [-0.2, -0.15) is 0 Å². The highest BCUT2D eigenvalue weighted by Crippen LogP contribution is 2.38. The van der Waals surface area contributed by atoms with Crippen LogP contribution in [0.4, 0.5) is 0 Å². The van der Waals surface area contributed by atoms with Crippen molar-refractivity contribution in [3.05, 3.63) is 59.4 Å². The van der Waals surface area contributed by atoms with E-state index in [1.807, 2.05) is 49.4 Å². The van der Waals surface area contributed by atoms with Crippen LogP contribution in [0.1, 0.15) is 30.0 Å². The van der Waals surface area contributed by atoms with Crippen molar-refractivity contribution >= 4 is 0 Å². The fourth-order valence-electron chi connectivity index (χ4n) is 2.43. The molecule has 0 saturated carbocycles. The van der Waals surface area contributed by atoms with Gasteiger partial charge in [-0.05, 0) is 12.1 Å². The molecule has 2 unspecified atom stereocenters. The van der Waals surface area contributed by atoms with Crippen LogP contribution in [0.15, 0.2) is 42.5 Å². The highest BCUT2D eigenvalue weighted by atomic mass is 16.7. The van der Waals surface area contributed by atoms with Crippen LogP contribution in [0.2, 0.25) is 0 Å². The number of hydrogen-bond acceptors (Lipinski definition) is 4. The average molecular weight is 269 g/mol. The maximum absolute atomic E-state index is 6.04. The Hall–Kier alpha value is -1.91. The Balaban J connectivity index is 1.66. The first-order valence-electron chi connectivity index (χ1n) is 6.74. The lowest BCUT2D eigenvalue weighted by Crippen LogP contribution is -2.36. The Kier molecular flexibility index (Phi) is 2.55. The van der Waals surface area contributed by atoms with Gasteiger partial charge in [0.25, 0.3) is 0 Å². The lowest BCUT2D eigenvalue weighted by molar-refractivity contribution is -0.203. The van der Waals surface area contributed by atoms with Crippen molar-refractivity contribution in [3.8, 4) is 5.75 Å². The van der Waals surface area contributed by atoms with Crippen molar-refractivity contribution in [1.29, 1.82) is 0 Å². The Bertz CT molecular complexity index is 639. The summed E-state index contributed by atoms with van der Waals surface area (Å²) in [5.41, 5.74) is 2.80. The van der Waals surface area contributed by atoms with Crippen molar-refractivity contribution in [2.75, 3.05) is 6.61 Å². The number of nitrogens with zero attached hydrogens (tertiary/aromatic N) is 1. The van der Waals surface area contributed by atoms with Crippen molar-refractivity contribution in [2.45, 2.75) is 25.4 Å². The molecule has 2 aliphatic heterocycles. The molecule has 1 aromatic carbocycles. The number of pyridine rings is 1. The number of hydrogen-bond donors (Lipinski definition) is 0. The lowest BCUT2D eigenvalue weighted by Gasteiger charge is -2.35. The number of aromatic nitrogens is 1. The molecule has 2 atom stereocenters. The van der Waals surface area contributed by atoms with Gasteiger partial charge in [-0.3, -0.25) is 0 Å². The molecule has 2 aliphatic rings. The highest BCUT2D eigenvalue weighted by molar-refractivity contribution is 5.34. The van der Waals surface area contributed by atoms with Gasteiger partial charge in [0.05, 0.1) is 18.9 Å². The minimum Gasteiger partial charge on any atom is -0.456 e. The van der Waals surface area contributed by atoms with Gasteiger partial charge in [0.15, 0.2) is 0 Å². The molecule has 0 radical (unpaired) electrons. The van der Waals surface area contributed by atoms with E-state index in [-0.39, 0.29) is 6.10 Å². The summed E-state index contributed by atoms with van der Waals surface area (Å²) < 4.78 is 17.2. The summed E-state index contributed by atoms with van der Waals surface area (Å²) in [6.45, 7) is 3.14. The van der Waals surface area contributed by atoms with Crippen molar-refractivity contribution in [1.82, 2.24) is 4.98 Å². The molecular formula is C16H15NO3. The fraction of sp³-hybridized carbons (Fsp3) is 0.312. The molecule has 4 nitrogen and oxygen atoms in total. The molecule has 1 fully saturated rings. The second kappa shape index (κ2) is 4.30. The maximum atomic E-state index is 6.04. The molecule has 0 N–H and O–H groups in total. The van der Waals surface area contributed by atoms with E-state index in [9.17, 15) is 0 Å². The number of benzene rings is 1. The molecule has 1 aromatic heterocycles. The van der Waals surface area contributed by atoms with Crippen molar-refractivity contribution in [3.63, 3.8) is 0 Å². The van der Waals surface area contributed by atoms with Crippen LogP contribution in [-0.4, -0.2) is 11.6 Å². The summed E-state index contributed by atoms with van der Waals surface area (Å²) in [5.74, 6) is 0.0279. The van der Waals surface area contributed by atoms with E-state index in [0.29, 0.717) is 6.61 Å². The summed E-state index contributed by atoms with van der Waals surface area (Å²) in [5, 5.41) is 0. The number of epoxide rings is 1. The Morgan fingerprint density at radius 2 is 1.95 bits per heavy atom. The van der Waals surface area contributed by atoms with Crippen LogP contribution in [-0.2, 0) is 21.9 Å². The van der Waals surface area contributed by atoms with E-state index in [1.165, 1.54) is 0 Å². The van der Waals surface area contributed by atoms with Gasteiger partial charge in [0.1, 0.15) is 17.5 Å². The summed E-state index contributed by atoms with van der Waals surface area (Å²) >= 11 is 0. The summed E-state index contributed by atoms with van der Waals surface area (Å²) in [7, 11) is 0. The van der Waals surface area contributed by atoms with Gasteiger partial charge in [-0.1, -0.05) is 30.3 Å². The summed E-state index contributed by atoms with van der Waals surface area (Å²) in [6.07, 6.45) is 0.155. The van der Waals surface area contributed by atoms with Crippen molar-refractivity contribution < 1.29 is 14.2 Å². The van der Waals surface area contributed by atoms with Crippen LogP contribution in [0.5, 0.6) is 5.75 Å². The third-order valence-corrected chi connectivity index (χ3v) is 3.70. The number of rotatable bonds is 2. The standard InChI is InChI=1S/C16H15NO3/c1-16(11-5-3-2-4-6-11)19-9-13-14(20-16)8-7-12(17-13)15-10-18-15/h2-8,15H,9-10H2,1H3. The summed E-state index contributed by atoms with van der Waals surface area (Å²) in [6, 6.07) is 13.9.